The van der Waals surface area contributed by atoms with Crippen LogP contribution in [-0.4, -0.2) is 14.3 Å². The fourth-order valence-electron chi connectivity index (χ4n) is 1.80. The van der Waals surface area contributed by atoms with Gasteiger partial charge in [0, 0.05) is 10.6 Å². The van der Waals surface area contributed by atoms with Gasteiger partial charge in [0.2, 0.25) is 0 Å². The van der Waals surface area contributed by atoms with Crippen LogP contribution in [0.2, 0.25) is 5.02 Å². The number of carbonyl (C=O) groups is 1. The maximum Gasteiger partial charge on any atom is 0.417 e. The maximum absolute atomic E-state index is 13.0. The summed E-state index contributed by atoms with van der Waals surface area (Å²) < 4.78 is 77.4. The number of alkyl halides is 3. The lowest BCUT2D eigenvalue weighted by Crippen LogP contribution is -2.32. The van der Waals surface area contributed by atoms with Crippen molar-refractivity contribution in [1.29, 1.82) is 0 Å². The molecule has 0 saturated carbocycles. The first-order valence-electron chi connectivity index (χ1n) is 6.20. The summed E-state index contributed by atoms with van der Waals surface area (Å²) in [5.41, 5.74) is -1.84. The first kappa shape index (κ1) is 18.2. The van der Waals surface area contributed by atoms with Crippen LogP contribution in [0.25, 0.3) is 0 Å². The molecule has 0 aliphatic heterocycles. The number of amides is 1. The summed E-state index contributed by atoms with van der Waals surface area (Å²) in [5.74, 6) is -2.41. The third kappa shape index (κ3) is 4.04. The number of nitrogens with one attached hydrogen (secondary N) is 1. The van der Waals surface area contributed by atoms with Crippen molar-refractivity contribution in [3.05, 3.63) is 64.4 Å². The molecule has 24 heavy (non-hydrogen) atoms. The zero-order valence-corrected chi connectivity index (χ0v) is 13.1. The van der Waals surface area contributed by atoms with Crippen molar-refractivity contribution < 1.29 is 30.8 Å². The summed E-state index contributed by atoms with van der Waals surface area (Å²) in [5, 5.41) is 0.285. The molecule has 2 rings (SSSR count). The molecule has 0 aliphatic rings. The molecule has 0 bridgehead atoms. The highest BCUT2D eigenvalue weighted by Gasteiger charge is 2.38. The number of hydrogen-bond acceptors (Lipinski definition) is 3. The van der Waals surface area contributed by atoms with E-state index in [0.717, 1.165) is 0 Å². The number of carbonyl (C=O) groups excluding carboxylic acids is 1. The van der Waals surface area contributed by atoms with Gasteiger partial charge in [-0.15, -0.1) is 0 Å². The third-order valence-electron chi connectivity index (χ3n) is 2.87. The van der Waals surface area contributed by atoms with E-state index < -0.39 is 38.4 Å². The average Bonchev–Trinajstić information content (AvgIpc) is 2.46. The van der Waals surface area contributed by atoms with E-state index in [1.165, 1.54) is 29.0 Å². The van der Waals surface area contributed by atoms with Gasteiger partial charge in [0.25, 0.3) is 15.9 Å². The fraction of sp³-hybridized carbons (Fsp3) is 0.0714. The molecule has 0 heterocycles. The topological polar surface area (TPSA) is 63.2 Å². The average molecular weight is 382 g/mol. The van der Waals surface area contributed by atoms with E-state index in [2.05, 4.69) is 0 Å². The highest BCUT2D eigenvalue weighted by Crippen LogP contribution is 2.34. The second-order valence-electron chi connectivity index (χ2n) is 4.58. The molecule has 2 aromatic rings. The third-order valence-corrected chi connectivity index (χ3v) is 4.51. The van der Waals surface area contributed by atoms with Crippen LogP contribution < -0.4 is 4.72 Å². The summed E-state index contributed by atoms with van der Waals surface area (Å²) >= 11 is 5.62. The number of sulfonamides is 1. The molecule has 128 valence electrons. The largest absolute Gasteiger partial charge is 0.417 e. The number of rotatable bonds is 3. The van der Waals surface area contributed by atoms with Gasteiger partial charge in [0.1, 0.15) is 5.82 Å². The van der Waals surface area contributed by atoms with Gasteiger partial charge in [-0.25, -0.2) is 17.5 Å². The van der Waals surface area contributed by atoms with Crippen LogP contribution in [0.3, 0.4) is 0 Å². The summed E-state index contributed by atoms with van der Waals surface area (Å²) in [7, 11) is -4.87. The van der Waals surface area contributed by atoms with Gasteiger partial charge in [0.15, 0.2) is 0 Å². The Morgan fingerprint density at radius 1 is 1.04 bits per heavy atom. The molecule has 0 radical (unpaired) electrons. The van der Waals surface area contributed by atoms with Crippen LogP contribution in [0.15, 0.2) is 47.4 Å². The van der Waals surface area contributed by atoms with Crippen molar-refractivity contribution in [2.24, 2.45) is 0 Å². The molecule has 1 amide bonds. The zero-order valence-electron chi connectivity index (χ0n) is 11.6. The Bertz CT molecular complexity index is 880. The van der Waals surface area contributed by atoms with Crippen LogP contribution >= 0.6 is 11.6 Å². The second-order valence-corrected chi connectivity index (χ2v) is 6.67. The lowest BCUT2D eigenvalue weighted by atomic mass is 10.2. The monoisotopic (exact) mass is 381 g/mol. The molecule has 0 saturated heterocycles. The molecule has 0 spiro atoms. The highest BCUT2D eigenvalue weighted by atomic mass is 35.5. The Kier molecular flexibility index (Phi) is 4.86. The molecular formula is C14H8ClF4NO3S. The minimum atomic E-state index is -5.12. The molecule has 0 fully saturated rings. The Morgan fingerprint density at radius 2 is 1.62 bits per heavy atom. The fourth-order valence-corrected chi connectivity index (χ4v) is 3.10. The van der Waals surface area contributed by atoms with Gasteiger partial charge < -0.3 is 0 Å². The first-order valence-corrected chi connectivity index (χ1v) is 8.06. The van der Waals surface area contributed by atoms with Gasteiger partial charge in [-0.2, -0.15) is 13.2 Å². The summed E-state index contributed by atoms with van der Waals surface area (Å²) in [6.07, 6.45) is -5.12. The van der Waals surface area contributed by atoms with Crippen molar-refractivity contribution in [1.82, 2.24) is 4.72 Å². The minimum absolute atomic E-state index is 0.0430. The number of benzene rings is 2. The minimum Gasteiger partial charge on any atom is -0.268 e. The SMILES string of the molecule is O=C(NS(=O)(=O)c1ccc(F)cc1C(F)(F)F)c1ccc(Cl)cc1. The number of halogens is 5. The molecule has 10 heteroatoms. The standard InChI is InChI=1S/C14H8ClF4NO3S/c15-9-3-1-8(2-4-9)13(21)20-24(22,23)12-6-5-10(16)7-11(12)14(17,18)19/h1-7H,(H,20,21). The molecule has 1 N–H and O–H groups in total. The Balaban J connectivity index is 2.41. The first-order chi connectivity index (χ1) is 11.0. The molecule has 4 nitrogen and oxygen atoms in total. The predicted octanol–water partition coefficient (Wildman–Crippen LogP) is 3.62. The van der Waals surface area contributed by atoms with E-state index in [9.17, 15) is 30.8 Å². The molecule has 0 aliphatic carbocycles. The van der Waals surface area contributed by atoms with Gasteiger partial charge in [-0.1, -0.05) is 11.6 Å². The smallest absolute Gasteiger partial charge is 0.268 e. The maximum atomic E-state index is 13.0. The normalized spacial score (nSPS) is 12.0. The predicted molar refractivity (Wildman–Crippen MR) is 77.5 cm³/mol. The van der Waals surface area contributed by atoms with Gasteiger partial charge in [0.05, 0.1) is 10.5 Å². The van der Waals surface area contributed by atoms with Crippen LogP contribution in [0, 0.1) is 5.82 Å². The van der Waals surface area contributed by atoms with E-state index in [1.54, 1.807) is 0 Å². The van der Waals surface area contributed by atoms with Gasteiger partial charge in [-0.3, -0.25) is 4.79 Å². The summed E-state index contributed by atoms with van der Waals surface area (Å²) in [6, 6.07) is 6.04. The summed E-state index contributed by atoms with van der Waals surface area (Å²) in [6.45, 7) is 0. The zero-order chi connectivity index (χ0) is 18.1. The Hall–Kier alpha value is -2.13. The lowest BCUT2D eigenvalue weighted by molar-refractivity contribution is -0.140. The van der Waals surface area contributed by atoms with Crippen LogP contribution in [0.4, 0.5) is 17.6 Å². The van der Waals surface area contributed by atoms with E-state index in [-0.39, 0.29) is 16.7 Å². The van der Waals surface area contributed by atoms with E-state index >= 15 is 0 Å². The van der Waals surface area contributed by atoms with Crippen molar-refractivity contribution in [2.75, 3.05) is 0 Å². The van der Waals surface area contributed by atoms with Crippen molar-refractivity contribution in [2.45, 2.75) is 11.1 Å². The van der Waals surface area contributed by atoms with Gasteiger partial charge in [-0.05, 0) is 42.5 Å². The van der Waals surface area contributed by atoms with Crippen LogP contribution in [0.5, 0.6) is 0 Å². The molecule has 0 unspecified atom stereocenters. The molecule has 2 aromatic carbocycles. The Labute approximate surface area is 139 Å². The van der Waals surface area contributed by atoms with E-state index in [1.807, 2.05) is 0 Å². The quantitative estimate of drug-likeness (QED) is 0.826. The summed E-state index contributed by atoms with van der Waals surface area (Å²) in [4.78, 5) is 10.6. The Morgan fingerprint density at radius 3 is 2.17 bits per heavy atom. The van der Waals surface area contributed by atoms with Crippen molar-refractivity contribution in [3.8, 4) is 0 Å². The van der Waals surface area contributed by atoms with Gasteiger partial charge >= 0.3 is 6.18 Å². The van der Waals surface area contributed by atoms with E-state index in [4.69, 9.17) is 11.6 Å². The molecule has 0 atom stereocenters. The van der Waals surface area contributed by atoms with Crippen LogP contribution in [-0.2, 0) is 16.2 Å². The van der Waals surface area contributed by atoms with Crippen molar-refractivity contribution in [3.63, 3.8) is 0 Å². The van der Waals surface area contributed by atoms with E-state index in [0.29, 0.717) is 12.1 Å². The second kappa shape index (κ2) is 6.40. The van der Waals surface area contributed by atoms with Crippen molar-refractivity contribution >= 4 is 27.5 Å². The molecule has 0 aromatic heterocycles. The number of hydrogen-bond donors (Lipinski definition) is 1. The highest BCUT2D eigenvalue weighted by molar-refractivity contribution is 7.90. The molecular weight excluding hydrogens is 374 g/mol. The van der Waals surface area contributed by atoms with Crippen LogP contribution in [0.1, 0.15) is 15.9 Å². The lowest BCUT2D eigenvalue weighted by Gasteiger charge is -2.14.